The minimum Gasteiger partial charge on any atom is -0.478 e. The number of non-ortho nitro benzene ring substituents is 1. The molecule has 108 valence electrons. The second-order valence-electron chi connectivity index (χ2n) is 5.96. The van der Waals surface area contributed by atoms with Crippen LogP contribution in [0, 0.1) is 10.1 Å². The molecule has 0 saturated heterocycles. The van der Waals surface area contributed by atoms with Gasteiger partial charge in [-0.25, -0.2) is 4.79 Å². The Morgan fingerprint density at radius 1 is 1.43 bits per heavy atom. The van der Waals surface area contributed by atoms with Crippen molar-refractivity contribution in [2.45, 2.75) is 32.1 Å². The summed E-state index contributed by atoms with van der Waals surface area (Å²) in [5.41, 5.74) is 1.86. The van der Waals surface area contributed by atoms with Crippen LogP contribution in [0.15, 0.2) is 18.2 Å². The van der Waals surface area contributed by atoms with E-state index in [2.05, 4.69) is 4.98 Å². The zero-order valence-corrected chi connectivity index (χ0v) is 11.7. The highest BCUT2D eigenvalue weighted by atomic mass is 16.6. The number of carboxylic acids is 1. The molecule has 1 aromatic heterocycles. The molecule has 0 bridgehead atoms. The van der Waals surface area contributed by atoms with Crippen molar-refractivity contribution in [2.24, 2.45) is 0 Å². The second kappa shape index (κ2) is 4.25. The van der Waals surface area contributed by atoms with Gasteiger partial charge >= 0.3 is 5.97 Å². The fourth-order valence-electron chi connectivity index (χ4n) is 3.01. The number of nitro benzene ring substituents is 1. The highest BCUT2D eigenvalue weighted by Gasteiger charge is 2.35. The molecule has 1 aliphatic rings. The average Bonchev–Trinajstić information content (AvgIpc) is 2.70. The lowest BCUT2D eigenvalue weighted by molar-refractivity contribution is -0.384. The Kier molecular flexibility index (Phi) is 2.73. The highest BCUT2D eigenvalue weighted by molar-refractivity contribution is 6.05. The van der Waals surface area contributed by atoms with Crippen LogP contribution in [0.25, 0.3) is 10.9 Å². The maximum absolute atomic E-state index is 11.7. The van der Waals surface area contributed by atoms with Crippen molar-refractivity contribution >= 4 is 22.6 Å². The molecule has 1 heterocycles. The van der Waals surface area contributed by atoms with Crippen LogP contribution in [0.1, 0.15) is 41.9 Å². The molecular formula is C15H14N2O4. The lowest BCUT2D eigenvalue weighted by Gasteiger charge is -2.18. The Morgan fingerprint density at radius 2 is 2.14 bits per heavy atom. The zero-order chi connectivity index (χ0) is 15.4. The molecule has 1 N–H and O–H groups in total. The number of pyridine rings is 1. The van der Waals surface area contributed by atoms with E-state index in [4.69, 9.17) is 0 Å². The molecule has 0 fully saturated rings. The summed E-state index contributed by atoms with van der Waals surface area (Å²) in [6.45, 7) is 4.07. The Labute approximate surface area is 120 Å². The number of benzene rings is 1. The summed E-state index contributed by atoms with van der Waals surface area (Å²) < 4.78 is 0. The third-order valence-corrected chi connectivity index (χ3v) is 4.14. The quantitative estimate of drug-likeness (QED) is 0.676. The first-order valence-electron chi connectivity index (χ1n) is 6.66. The van der Waals surface area contributed by atoms with E-state index < -0.39 is 10.9 Å². The maximum atomic E-state index is 11.7. The monoisotopic (exact) mass is 286 g/mol. The molecule has 0 atom stereocenters. The molecule has 21 heavy (non-hydrogen) atoms. The number of fused-ring (bicyclic) bond motifs is 2. The summed E-state index contributed by atoms with van der Waals surface area (Å²) in [5.74, 6) is -1.06. The topological polar surface area (TPSA) is 93.3 Å². The Bertz CT molecular complexity index is 796. The number of hydrogen-bond acceptors (Lipinski definition) is 4. The summed E-state index contributed by atoms with van der Waals surface area (Å²) in [6, 6.07) is 4.18. The van der Waals surface area contributed by atoms with Crippen molar-refractivity contribution in [3.8, 4) is 0 Å². The first-order valence-corrected chi connectivity index (χ1v) is 6.66. The minimum absolute atomic E-state index is 0.121. The van der Waals surface area contributed by atoms with Crippen molar-refractivity contribution in [3.63, 3.8) is 0 Å². The van der Waals surface area contributed by atoms with Gasteiger partial charge in [-0.3, -0.25) is 15.1 Å². The first-order chi connectivity index (χ1) is 9.81. The lowest BCUT2D eigenvalue weighted by atomic mass is 9.89. The van der Waals surface area contributed by atoms with Crippen LogP contribution in [-0.4, -0.2) is 21.0 Å². The fraction of sp³-hybridized carbons (Fsp3) is 0.333. The van der Waals surface area contributed by atoms with Gasteiger partial charge in [0.1, 0.15) is 0 Å². The lowest BCUT2D eigenvalue weighted by Crippen LogP contribution is -2.15. The number of carbonyl (C=O) groups is 1. The van der Waals surface area contributed by atoms with Gasteiger partial charge in [-0.2, -0.15) is 0 Å². The predicted octanol–water partition coefficient (Wildman–Crippen LogP) is 3.07. The summed E-state index contributed by atoms with van der Waals surface area (Å²) in [5, 5.41) is 20.8. The number of aromatic nitrogens is 1. The molecule has 6 heteroatoms. The molecule has 1 aromatic carbocycles. The summed E-state index contributed by atoms with van der Waals surface area (Å²) in [7, 11) is 0. The number of nitro groups is 1. The highest BCUT2D eigenvalue weighted by Crippen LogP contribution is 2.41. The van der Waals surface area contributed by atoms with E-state index in [-0.39, 0.29) is 16.7 Å². The van der Waals surface area contributed by atoms with Crippen molar-refractivity contribution in [1.82, 2.24) is 4.98 Å². The van der Waals surface area contributed by atoms with Crippen LogP contribution in [0.5, 0.6) is 0 Å². The molecule has 6 nitrogen and oxygen atoms in total. The van der Waals surface area contributed by atoms with Gasteiger partial charge in [0.25, 0.3) is 5.69 Å². The average molecular weight is 286 g/mol. The van der Waals surface area contributed by atoms with Crippen LogP contribution < -0.4 is 0 Å². The van der Waals surface area contributed by atoms with Crippen molar-refractivity contribution < 1.29 is 14.8 Å². The number of hydrogen-bond donors (Lipinski definition) is 1. The number of nitrogens with zero attached hydrogens (tertiary/aromatic N) is 2. The number of rotatable bonds is 2. The summed E-state index contributed by atoms with van der Waals surface area (Å²) >= 11 is 0. The van der Waals surface area contributed by atoms with Crippen LogP contribution in [0.2, 0.25) is 0 Å². The van der Waals surface area contributed by atoms with Crippen LogP contribution in [0.4, 0.5) is 5.69 Å². The van der Waals surface area contributed by atoms with Crippen LogP contribution in [-0.2, 0) is 11.8 Å². The van der Waals surface area contributed by atoms with Gasteiger partial charge in [0.05, 0.1) is 21.7 Å². The van der Waals surface area contributed by atoms with Gasteiger partial charge in [0, 0.05) is 22.9 Å². The van der Waals surface area contributed by atoms with Gasteiger partial charge in [-0.1, -0.05) is 13.8 Å². The molecule has 0 saturated carbocycles. The normalized spacial score (nSPS) is 15.9. The molecule has 0 unspecified atom stereocenters. The van der Waals surface area contributed by atoms with E-state index in [9.17, 15) is 20.0 Å². The molecule has 0 radical (unpaired) electrons. The van der Waals surface area contributed by atoms with E-state index in [0.29, 0.717) is 22.9 Å². The largest absolute Gasteiger partial charge is 0.478 e. The maximum Gasteiger partial charge on any atom is 0.336 e. The third-order valence-electron chi connectivity index (χ3n) is 4.14. The van der Waals surface area contributed by atoms with Crippen LogP contribution >= 0.6 is 0 Å². The first kappa shape index (κ1) is 13.5. The van der Waals surface area contributed by atoms with Gasteiger partial charge < -0.3 is 5.11 Å². The van der Waals surface area contributed by atoms with Crippen molar-refractivity contribution in [1.29, 1.82) is 0 Å². The zero-order valence-electron chi connectivity index (χ0n) is 11.7. The van der Waals surface area contributed by atoms with Crippen LogP contribution in [0.3, 0.4) is 0 Å². The Morgan fingerprint density at radius 3 is 2.76 bits per heavy atom. The summed E-state index contributed by atoms with van der Waals surface area (Å²) in [6.07, 6.45) is 1.46. The van der Waals surface area contributed by atoms with E-state index in [0.717, 1.165) is 12.1 Å². The molecule has 0 aliphatic heterocycles. The SMILES string of the molecule is CC1(C)CCc2c1nc1ccc([N+](=O)[O-])cc1c2C(=O)O. The van der Waals surface area contributed by atoms with Crippen molar-refractivity contribution in [3.05, 3.63) is 45.1 Å². The Balaban J connectivity index is 2.42. The van der Waals surface area contributed by atoms with E-state index >= 15 is 0 Å². The van der Waals surface area contributed by atoms with E-state index in [1.54, 1.807) is 0 Å². The fourth-order valence-corrected chi connectivity index (χ4v) is 3.01. The second-order valence-corrected chi connectivity index (χ2v) is 5.96. The van der Waals surface area contributed by atoms with E-state index in [1.807, 2.05) is 13.8 Å². The molecule has 1 aliphatic carbocycles. The minimum atomic E-state index is -1.06. The van der Waals surface area contributed by atoms with Gasteiger partial charge in [-0.05, 0) is 24.5 Å². The number of aromatic carboxylic acids is 1. The van der Waals surface area contributed by atoms with Gasteiger partial charge in [0.15, 0.2) is 0 Å². The smallest absolute Gasteiger partial charge is 0.336 e. The van der Waals surface area contributed by atoms with E-state index in [1.165, 1.54) is 18.2 Å². The standard InChI is InChI=1S/C15H14N2O4/c1-15(2)6-5-9-12(14(18)19)10-7-8(17(20)21)3-4-11(10)16-13(9)15/h3-4,7H,5-6H2,1-2H3,(H,18,19). The molecule has 0 amide bonds. The third kappa shape index (κ3) is 1.94. The Hall–Kier alpha value is -2.50. The molecular weight excluding hydrogens is 272 g/mol. The molecule has 0 spiro atoms. The molecule has 2 aromatic rings. The summed E-state index contributed by atoms with van der Waals surface area (Å²) in [4.78, 5) is 26.6. The van der Waals surface area contributed by atoms with Gasteiger partial charge in [-0.15, -0.1) is 0 Å². The predicted molar refractivity (Wildman–Crippen MR) is 76.7 cm³/mol. The van der Waals surface area contributed by atoms with Crippen molar-refractivity contribution in [2.75, 3.05) is 0 Å². The molecule has 3 rings (SSSR count). The van der Waals surface area contributed by atoms with Gasteiger partial charge in [0.2, 0.25) is 0 Å². The number of carboxylic acid groups (broad SMARTS) is 1.